The Morgan fingerprint density at radius 2 is 2.03 bits per heavy atom. The molecule has 12 heteroatoms. The van der Waals surface area contributed by atoms with Gasteiger partial charge in [0.1, 0.15) is 17.1 Å². The van der Waals surface area contributed by atoms with Crippen LogP contribution in [0.15, 0.2) is 36.8 Å². The summed E-state index contributed by atoms with van der Waals surface area (Å²) >= 11 is 1.15. The molecule has 182 valence electrons. The minimum Gasteiger partial charge on any atom is -0.494 e. The maximum absolute atomic E-state index is 13.5. The molecule has 1 fully saturated rings. The van der Waals surface area contributed by atoms with Crippen LogP contribution in [0.3, 0.4) is 0 Å². The third kappa shape index (κ3) is 5.06. The number of methoxy groups -OCH3 is 1. The van der Waals surface area contributed by atoms with Crippen LogP contribution in [0.1, 0.15) is 40.3 Å². The van der Waals surface area contributed by atoms with E-state index in [0.29, 0.717) is 27.9 Å². The maximum atomic E-state index is 13.5. The number of alkyl halides is 2. The first kappa shape index (κ1) is 23.5. The Hall–Kier alpha value is -4.24. The van der Waals surface area contributed by atoms with Gasteiger partial charge in [0.05, 0.1) is 24.6 Å². The van der Waals surface area contributed by atoms with E-state index in [4.69, 9.17) is 4.74 Å². The van der Waals surface area contributed by atoms with Gasteiger partial charge in [0.25, 0.3) is 12.3 Å². The topological polar surface area (TPSA) is 108 Å². The van der Waals surface area contributed by atoms with E-state index in [9.17, 15) is 13.6 Å². The molecule has 0 unspecified atom stereocenters. The average molecular weight is 508 g/mol. The minimum absolute atomic E-state index is 0.125. The van der Waals surface area contributed by atoms with E-state index >= 15 is 0 Å². The van der Waals surface area contributed by atoms with Crippen molar-refractivity contribution in [2.75, 3.05) is 12.4 Å². The van der Waals surface area contributed by atoms with E-state index in [1.54, 1.807) is 30.1 Å². The molecule has 0 aromatic carbocycles. The SMILES string of the molecule is COc1cnc(C(F)F)cc1-c1cc(-c2ccn(C)n2)ncc1C(=O)Nc1nnc(C#CC2CC2)s1. The highest BCUT2D eigenvalue weighted by Gasteiger charge is 2.22. The lowest BCUT2D eigenvalue weighted by Gasteiger charge is -2.14. The van der Waals surface area contributed by atoms with Crippen LogP contribution in [0.5, 0.6) is 5.75 Å². The average Bonchev–Trinajstić information content (AvgIpc) is 3.44. The lowest BCUT2D eigenvalue weighted by atomic mass is 9.98. The predicted octanol–water partition coefficient (Wildman–Crippen LogP) is 4.36. The molecule has 9 nitrogen and oxygen atoms in total. The summed E-state index contributed by atoms with van der Waals surface area (Å²) in [6.07, 6.45) is 3.69. The van der Waals surface area contributed by atoms with Gasteiger partial charge in [-0.2, -0.15) is 5.10 Å². The van der Waals surface area contributed by atoms with Gasteiger partial charge < -0.3 is 4.74 Å². The van der Waals surface area contributed by atoms with Crippen molar-refractivity contribution < 1.29 is 18.3 Å². The number of hydrogen-bond acceptors (Lipinski definition) is 8. The summed E-state index contributed by atoms with van der Waals surface area (Å²) in [7, 11) is 3.16. The van der Waals surface area contributed by atoms with Crippen molar-refractivity contribution in [2.45, 2.75) is 19.3 Å². The summed E-state index contributed by atoms with van der Waals surface area (Å²) < 4.78 is 33.9. The minimum atomic E-state index is -2.81. The van der Waals surface area contributed by atoms with Crippen LogP contribution in [-0.4, -0.2) is 43.0 Å². The normalized spacial score (nSPS) is 12.8. The molecule has 0 radical (unpaired) electrons. The van der Waals surface area contributed by atoms with Crippen molar-refractivity contribution in [1.29, 1.82) is 0 Å². The second-order valence-electron chi connectivity index (χ2n) is 8.01. The third-order valence-electron chi connectivity index (χ3n) is 5.35. The zero-order chi connectivity index (χ0) is 25.2. The predicted molar refractivity (Wildman–Crippen MR) is 129 cm³/mol. The largest absolute Gasteiger partial charge is 0.494 e. The Balaban J connectivity index is 1.55. The lowest BCUT2D eigenvalue weighted by Crippen LogP contribution is -2.14. The molecule has 1 aliphatic rings. The number of anilines is 1. The highest BCUT2D eigenvalue weighted by atomic mass is 32.1. The second kappa shape index (κ2) is 9.79. The Morgan fingerprint density at radius 1 is 1.19 bits per heavy atom. The molecular weight excluding hydrogens is 488 g/mol. The molecule has 1 saturated carbocycles. The summed E-state index contributed by atoms with van der Waals surface area (Å²) in [6, 6.07) is 4.57. The number of nitrogens with one attached hydrogen (secondary N) is 1. The van der Waals surface area contributed by atoms with E-state index in [1.807, 2.05) is 0 Å². The van der Waals surface area contributed by atoms with E-state index in [2.05, 4.69) is 42.4 Å². The molecule has 0 spiro atoms. The van der Waals surface area contributed by atoms with Gasteiger partial charge in [-0.1, -0.05) is 17.3 Å². The molecule has 4 aromatic heterocycles. The van der Waals surface area contributed by atoms with Gasteiger partial charge in [-0.3, -0.25) is 24.8 Å². The monoisotopic (exact) mass is 507 g/mol. The molecule has 4 aromatic rings. The van der Waals surface area contributed by atoms with Gasteiger partial charge in [0.15, 0.2) is 5.01 Å². The number of aromatic nitrogens is 6. The molecule has 36 heavy (non-hydrogen) atoms. The van der Waals surface area contributed by atoms with Crippen molar-refractivity contribution in [3.8, 4) is 40.1 Å². The van der Waals surface area contributed by atoms with E-state index in [0.717, 1.165) is 24.2 Å². The van der Waals surface area contributed by atoms with Crippen molar-refractivity contribution in [1.82, 2.24) is 29.9 Å². The smallest absolute Gasteiger partial charge is 0.280 e. The number of carbonyl (C=O) groups excluding carboxylic acids is 1. The van der Waals surface area contributed by atoms with Gasteiger partial charge in [0, 0.05) is 36.5 Å². The summed E-state index contributed by atoms with van der Waals surface area (Å²) in [5.74, 6) is 6.15. The molecule has 4 heterocycles. The zero-order valence-corrected chi connectivity index (χ0v) is 20.0. The molecule has 1 amide bonds. The Kier molecular flexibility index (Phi) is 6.39. The first-order valence-corrected chi connectivity index (χ1v) is 11.7. The van der Waals surface area contributed by atoms with Crippen LogP contribution in [0.2, 0.25) is 0 Å². The number of pyridine rings is 2. The van der Waals surface area contributed by atoms with Crippen LogP contribution < -0.4 is 10.1 Å². The van der Waals surface area contributed by atoms with Crippen LogP contribution in [0, 0.1) is 17.8 Å². The number of halogens is 2. The fraction of sp³-hybridized carbons (Fsp3) is 0.250. The summed E-state index contributed by atoms with van der Waals surface area (Å²) in [5, 5.41) is 15.8. The first-order chi connectivity index (χ1) is 17.4. The van der Waals surface area contributed by atoms with Crippen molar-refractivity contribution >= 4 is 22.4 Å². The number of nitrogens with zero attached hydrogens (tertiary/aromatic N) is 6. The van der Waals surface area contributed by atoms with Gasteiger partial charge in [0.2, 0.25) is 5.13 Å². The summed E-state index contributed by atoms with van der Waals surface area (Å²) in [4.78, 5) is 21.4. The highest BCUT2D eigenvalue weighted by Crippen LogP contribution is 2.36. The standard InChI is InChI=1S/C24H19F2N7O2S/c1-33-8-7-17(32-33)18-9-14(15-10-19(22(25)26)28-12-20(15)35-2)16(11-27-18)23(34)29-24-31-30-21(36-24)6-5-13-3-4-13/h7-13,22H,3-4H2,1-2H3,(H,29,31,34). The number of hydrogen-bond donors (Lipinski definition) is 1. The van der Waals surface area contributed by atoms with Crippen LogP contribution in [-0.2, 0) is 7.05 Å². The molecule has 0 saturated heterocycles. The number of amides is 1. The molecule has 0 bridgehead atoms. The van der Waals surface area contributed by atoms with Crippen LogP contribution >= 0.6 is 11.3 Å². The van der Waals surface area contributed by atoms with Gasteiger partial charge in [-0.15, -0.1) is 10.2 Å². The quantitative estimate of drug-likeness (QED) is 0.387. The summed E-state index contributed by atoms with van der Waals surface area (Å²) in [5.41, 5.74) is 1.27. The van der Waals surface area contributed by atoms with Crippen LogP contribution in [0.4, 0.5) is 13.9 Å². The molecule has 5 rings (SSSR count). The molecule has 1 N–H and O–H groups in total. The van der Waals surface area contributed by atoms with Crippen molar-refractivity contribution in [3.05, 3.63) is 53.1 Å². The van der Waals surface area contributed by atoms with E-state index < -0.39 is 18.0 Å². The van der Waals surface area contributed by atoms with Gasteiger partial charge >= 0.3 is 0 Å². The Bertz CT molecular complexity index is 1500. The first-order valence-electron chi connectivity index (χ1n) is 10.9. The fourth-order valence-electron chi connectivity index (χ4n) is 3.38. The molecule has 0 aliphatic heterocycles. The lowest BCUT2D eigenvalue weighted by molar-refractivity contribution is 0.102. The highest BCUT2D eigenvalue weighted by molar-refractivity contribution is 7.15. The number of ether oxygens (including phenoxy) is 1. The maximum Gasteiger partial charge on any atom is 0.280 e. The van der Waals surface area contributed by atoms with Crippen molar-refractivity contribution in [2.24, 2.45) is 13.0 Å². The Morgan fingerprint density at radius 3 is 2.72 bits per heavy atom. The third-order valence-corrected chi connectivity index (χ3v) is 6.11. The van der Waals surface area contributed by atoms with Gasteiger partial charge in [-0.05, 0) is 37.0 Å². The Labute approximate surface area is 208 Å². The number of carbonyl (C=O) groups is 1. The van der Waals surface area contributed by atoms with E-state index in [1.165, 1.54) is 25.6 Å². The molecule has 0 atom stereocenters. The second-order valence-corrected chi connectivity index (χ2v) is 8.99. The fourth-order valence-corrected chi connectivity index (χ4v) is 3.98. The molecular formula is C24H19F2N7O2S. The van der Waals surface area contributed by atoms with E-state index in [-0.39, 0.29) is 22.0 Å². The summed E-state index contributed by atoms with van der Waals surface area (Å²) in [6.45, 7) is 0. The molecule has 1 aliphatic carbocycles. The van der Waals surface area contributed by atoms with Gasteiger partial charge in [-0.25, -0.2) is 8.78 Å². The number of aryl methyl sites for hydroxylation is 1. The zero-order valence-electron chi connectivity index (χ0n) is 19.2. The van der Waals surface area contributed by atoms with Crippen molar-refractivity contribution in [3.63, 3.8) is 0 Å². The number of rotatable bonds is 6. The van der Waals surface area contributed by atoms with Crippen LogP contribution in [0.25, 0.3) is 22.5 Å².